The molecule has 0 aromatic heterocycles. The Balaban J connectivity index is 3.56. The van der Waals surface area contributed by atoms with E-state index < -0.39 is 24.1 Å². The second-order valence-corrected chi connectivity index (χ2v) is 47.2. The monoisotopic (exact) mass is 424 g/mol. The molecule has 0 atom stereocenters. The third kappa shape index (κ3) is 1.40. The predicted octanol–water partition coefficient (Wildman–Crippen LogP) is 3.91. The van der Waals surface area contributed by atoms with Crippen LogP contribution in [0, 0.1) is 12.3 Å². The van der Waals surface area contributed by atoms with E-state index in [1.807, 2.05) is 20.8 Å². The molecular formula is C19H42N3O4Ti. The van der Waals surface area contributed by atoms with Crippen LogP contribution < -0.4 is 13.1 Å². The molecule has 2 heterocycles. The summed E-state index contributed by atoms with van der Waals surface area (Å²) in [5.74, 6) is 0. The van der Waals surface area contributed by atoms with Gasteiger partial charge in [0.15, 0.2) is 0 Å². The zero-order valence-electron chi connectivity index (χ0n) is 17.8. The van der Waals surface area contributed by atoms with Crippen molar-refractivity contribution in [3.8, 4) is 0 Å². The Morgan fingerprint density at radius 1 is 1.15 bits per heavy atom. The number of hydrogen-bond acceptors (Lipinski definition) is 4. The van der Waals surface area contributed by atoms with E-state index in [9.17, 15) is 3.69 Å². The maximum atomic E-state index is 17.4. The average Bonchev–Trinajstić information content (AvgIpc) is 2.44. The van der Waals surface area contributed by atoms with Gasteiger partial charge < -0.3 is 0 Å². The van der Waals surface area contributed by atoms with Gasteiger partial charge in [-0.25, -0.2) is 0 Å². The molecule has 0 bridgehead atoms. The van der Waals surface area contributed by atoms with Crippen molar-refractivity contribution in [1.82, 2.24) is 13.1 Å². The summed E-state index contributed by atoms with van der Waals surface area (Å²) in [5.41, 5.74) is 1.98. The first-order valence-corrected chi connectivity index (χ1v) is 20.0. The molecular weight excluding hydrogens is 382 g/mol. The van der Waals surface area contributed by atoms with Gasteiger partial charge in [0, 0.05) is 0 Å². The van der Waals surface area contributed by atoms with Gasteiger partial charge in [-0.3, -0.25) is 0 Å². The van der Waals surface area contributed by atoms with Crippen LogP contribution in [0.1, 0.15) is 27.7 Å². The van der Waals surface area contributed by atoms with Gasteiger partial charge in [0.25, 0.3) is 0 Å². The fourth-order valence-electron chi connectivity index (χ4n) is 10.9. The summed E-state index contributed by atoms with van der Waals surface area (Å²) < 4.78 is 48.9. The molecule has 0 aromatic rings. The zero-order chi connectivity index (χ0) is 21.1. The van der Waals surface area contributed by atoms with Crippen LogP contribution >= 0.6 is 0 Å². The number of rotatable bonds is 10. The van der Waals surface area contributed by atoms with Crippen LogP contribution in [-0.2, 0) is 19.3 Å². The number of hydroxylamine groups is 1. The van der Waals surface area contributed by atoms with Gasteiger partial charge >= 0.3 is 151 Å². The number of nitrogens with one attached hydrogen (secondary N) is 3. The van der Waals surface area contributed by atoms with Crippen molar-refractivity contribution in [2.24, 2.45) is 5.41 Å². The van der Waals surface area contributed by atoms with Crippen molar-refractivity contribution < 1.29 is 23.0 Å². The number of allylic oxidation sites excluding steroid dienone is 2. The normalized spacial score (nSPS) is 48.0. The molecule has 0 unspecified atom stereocenters. The molecule has 0 aliphatic carbocycles. The summed E-state index contributed by atoms with van der Waals surface area (Å²) in [6.45, 7) is 19.3. The van der Waals surface area contributed by atoms with E-state index in [1.165, 1.54) is 12.2 Å². The summed E-state index contributed by atoms with van der Waals surface area (Å²) in [7, 11) is -9.66. The van der Waals surface area contributed by atoms with Crippen LogP contribution in [0.4, 0.5) is 0 Å². The van der Waals surface area contributed by atoms with Crippen molar-refractivity contribution in [2.75, 3.05) is 26.2 Å². The Morgan fingerprint density at radius 2 is 1.59 bits per heavy atom. The fraction of sp³-hybridized carbons (Fsp3) is 0.737. The molecule has 0 amide bonds. The first kappa shape index (κ1) is 23.0. The van der Waals surface area contributed by atoms with E-state index in [1.54, 1.807) is 6.92 Å². The molecule has 2 aliphatic rings. The molecule has 2 rings (SSSR count). The van der Waals surface area contributed by atoms with E-state index in [0.717, 1.165) is 0 Å². The van der Waals surface area contributed by atoms with Crippen LogP contribution in [0.3, 0.4) is 0 Å². The molecule has 2 fully saturated rings. The third-order valence-corrected chi connectivity index (χ3v) is 45.3. The molecule has 1 radical (unpaired) electrons. The molecule has 0 saturated carbocycles. The Kier molecular flexibility index (Phi) is 2.29. The van der Waals surface area contributed by atoms with E-state index in [2.05, 4.69) is 33.2 Å². The van der Waals surface area contributed by atoms with Gasteiger partial charge in [-0.05, 0) is 0 Å². The van der Waals surface area contributed by atoms with Gasteiger partial charge in [0.05, 0.1) is 0 Å². The third-order valence-electron chi connectivity index (χ3n) is 11.1. The van der Waals surface area contributed by atoms with Crippen molar-refractivity contribution in [3.05, 3.63) is 32.2 Å². The van der Waals surface area contributed by atoms with Gasteiger partial charge in [-0.15, -0.1) is 0 Å². The molecule has 0 aromatic carbocycles. The second-order valence-electron chi connectivity index (χ2n) is 14.7. The molecule has 4 N–H and O–H groups in total. The predicted molar refractivity (Wildman–Crippen MR) is 109 cm³/mol. The zero-order valence-corrected chi connectivity index (χ0v) is 19.4. The fourth-order valence-corrected chi connectivity index (χ4v) is 44.9. The quantitative estimate of drug-likeness (QED) is 0.240. The standard InChI is InChI=1S/C5H11.2C3H5.C2H5NO.2C2H5N.C2H5O.H2O.O.Ti/c1-5(2,3)4;2*1-3-2;1-2-3-4;3*1-2-3;;;/h1H2,2-4H3;2*3H,1-2H2;3H,1-2H2;2*3H,1-2H2;2H2,1H3;1H2;;/q;;;4*-1;;;+5/p-1. The van der Waals surface area contributed by atoms with E-state index in [-0.39, 0.29) is 40.4 Å². The van der Waals surface area contributed by atoms with Crippen LogP contribution in [0.5, 0.6) is 0 Å². The summed E-state index contributed by atoms with van der Waals surface area (Å²) in [6.07, 6.45) is 2.85. The first-order valence-electron chi connectivity index (χ1n) is 10.4. The minimum absolute atomic E-state index is 0.0523. The van der Waals surface area contributed by atoms with E-state index in [0.29, 0.717) is 0 Å². The van der Waals surface area contributed by atoms with Crippen molar-refractivity contribution in [1.29, 1.82) is 0 Å². The second kappa shape index (κ2) is 2.68. The van der Waals surface area contributed by atoms with E-state index in [4.69, 9.17) is 6.74 Å². The van der Waals surface area contributed by atoms with Crippen molar-refractivity contribution in [2.45, 2.75) is 51.3 Å². The Bertz CT molecular complexity index is 1080. The first-order chi connectivity index (χ1) is 11.7. The Morgan fingerprint density at radius 3 is 1.81 bits per heavy atom. The topological polar surface area (TPSA) is 91.9 Å². The van der Waals surface area contributed by atoms with Crippen LogP contribution in [0.15, 0.2) is 25.3 Å². The number of hydrogen-bond donors (Lipinski definition) is 4. The summed E-state index contributed by atoms with van der Waals surface area (Å²) in [5, 5.41) is 0. The minimum atomic E-state index is -9.66. The van der Waals surface area contributed by atoms with Gasteiger partial charge in [-0.2, -0.15) is 0 Å². The SMILES string of the molecule is [CH2]CN[O][Ti]12(=[O])([OH])([CH2]C=C)([CH2]C=C)([CH2]C(C)(C)C)([O]CC)([CH2]C[NH]1)[CH2]C[NH]2. The van der Waals surface area contributed by atoms with Crippen LogP contribution in [-0.4, -0.2) is 29.9 Å². The molecule has 2 aliphatic heterocycles. The molecule has 8 heteroatoms. The maximum absolute atomic E-state index is 17.4. The molecule has 2 saturated heterocycles. The summed E-state index contributed by atoms with van der Waals surface area (Å²) >= 11 is 0. The van der Waals surface area contributed by atoms with Crippen molar-refractivity contribution >= 4 is 0 Å². The molecule has 161 valence electrons. The van der Waals surface area contributed by atoms with Gasteiger partial charge in [-0.1, -0.05) is 0 Å². The van der Waals surface area contributed by atoms with Crippen LogP contribution in [0.2, 0.25) is 23.6 Å². The Hall–Kier alpha value is -0.246. The van der Waals surface area contributed by atoms with Crippen molar-refractivity contribution in [3.63, 3.8) is 0 Å². The van der Waals surface area contributed by atoms with Gasteiger partial charge in [0.2, 0.25) is 0 Å². The van der Waals surface area contributed by atoms with E-state index >= 15 is 3.32 Å². The molecule has 7 nitrogen and oxygen atoms in total. The van der Waals surface area contributed by atoms with Crippen LogP contribution in [0.25, 0.3) is 0 Å². The Labute approximate surface area is 151 Å². The molecule has 27 heavy (non-hydrogen) atoms. The molecule has 1 spiro atoms. The summed E-state index contributed by atoms with van der Waals surface area (Å²) in [6, 6.07) is 0. The van der Waals surface area contributed by atoms with Gasteiger partial charge in [0.1, 0.15) is 0 Å². The average molecular weight is 424 g/mol. The summed E-state index contributed by atoms with van der Waals surface area (Å²) in [4.78, 5) is 0.